The highest BCUT2D eigenvalue weighted by Gasteiger charge is 2.16. The van der Waals surface area contributed by atoms with E-state index >= 15 is 0 Å². The predicted octanol–water partition coefficient (Wildman–Crippen LogP) is 3.60. The van der Waals surface area contributed by atoms with Crippen molar-refractivity contribution >= 4 is 28.4 Å². The molecule has 3 N–H and O–H groups in total. The fraction of sp³-hybridized carbons (Fsp3) is 0.261. The summed E-state index contributed by atoms with van der Waals surface area (Å²) in [5, 5.41) is 8.82. The lowest BCUT2D eigenvalue weighted by atomic mass is 10.1. The molecule has 9 heteroatoms. The molecule has 0 bridgehead atoms. The maximum Gasteiger partial charge on any atom is 0.315 e. The third-order valence-corrected chi connectivity index (χ3v) is 5.95. The van der Waals surface area contributed by atoms with Crippen LogP contribution < -0.4 is 25.4 Å². The van der Waals surface area contributed by atoms with Crippen LogP contribution in [0, 0.1) is 6.92 Å². The standard InChI is InChI=1S/C23H24N4O4S/c1-15-20(12-17-7-8-18-19(11-17)31-14-30-18)32-23(26-15)27-21(28)9-10-24-22(29)25-13-16-5-3-2-4-6-16/h2-8,11H,9-10,12-14H2,1H3,(H2,24,25,29)(H,26,27,28). The number of amides is 3. The van der Waals surface area contributed by atoms with Crippen LogP contribution in [0.2, 0.25) is 0 Å². The molecule has 0 atom stereocenters. The molecular weight excluding hydrogens is 428 g/mol. The molecule has 0 spiro atoms. The molecule has 2 aromatic carbocycles. The van der Waals surface area contributed by atoms with Crippen LogP contribution in [-0.2, 0) is 17.8 Å². The summed E-state index contributed by atoms with van der Waals surface area (Å²) in [5.41, 5.74) is 2.97. The molecule has 0 saturated heterocycles. The molecule has 4 rings (SSSR count). The lowest BCUT2D eigenvalue weighted by molar-refractivity contribution is -0.116. The summed E-state index contributed by atoms with van der Waals surface area (Å²) >= 11 is 1.45. The van der Waals surface area contributed by atoms with Gasteiger partial charge < -0.3 is 25.4 Å². The summed E-state index contributed by atoms with van der Waals surface area (Å²) in [6.45, 7) is 2.84. The van der Waals surface area contributed by atoms with Gasteiger partial charge in [-0.1, -0.05) is 36.4 Å². The van der Waals surface area contributed by atoms with E-state index < -0.39 is 0 Å². The first-order chi connectivity index (χ1) is 15.6. The lowest BCUT2D eigenvalue weighted by Gasteiger charge is -2.07. The number of nitrogens with one attached hydrogen (secondary N) is 3. The zero-order valence-electron chi connectivity index (χ0n) is 17.6. The Labute approximate surface area is 190 Å². The van der Waals surface area contributed by atoms with Crippen molar-refractivity contribution in [2.75, 3.05) is 18.7 Å². The number of carbonyl (C=O) groups excluding carboxylic acids is 2. The van der Waals surface area contributed by atoms with Gasteiger partial charge in [0.2, 0.25) is 12.7 Å². The van der Waals surface area contributed by atoms with E-state index in [-0.39, 0.29) is 31.7 Å². The fourth-order valence-corrected chi connectivity index (χ4v) is 4.21. The molecular formula is C23H24N4O4S. The van der Waals surface area contributed by atoms with Crippen molar-refractivity contribution in [3.05, 3.63) is 70.2 Å². The van der Waals surface area contributed by atoms with E-state index in [9.17, 15) is 9.59 Å². The van der Waals surface area contributed by atoms with Crippen LogP contribution in [0.3, 0.4) is 0 Å². The molecule has 8 nitrogen and oxygen atoms in total. The molecule has 1 aliphatic heterocycles. The van der Waals surface area contributed by atoms with E-state index in [1.165, 1.54) is 11.3 Å². The number of fused-ring (bicyclic) bond motifs is 1. The average molecular weight is 453 g/mol. The molecule has 0 saturated carbocycles. The molecule has 3 aromatic rings. The Balaban J connectivity index is 1.21. The minimum absolute atomic E-state index is 0.162. The third kappa shape index (κ3) is 5.76. The van der Waals surface area contributed by atoms with E-state index in [0.29, 0.717) is 18.1 Å². The Morgan fingerprint density at radius 2 is 1.84 bits per heavy atom. The first-order valence-electron chi connectivity index (χ1n) is 10.3. The molecule has 166 valence electrons. The van der Waals surface area contributed by atoms with Gasteiger partial charge in [0.25, 0.3) is 0 Å². The number of anilines is 1. The van der Waals surface area contributed by atoms with Crippen LogP contribution in [0.15, 0.2) is 48.5 Å². The molecule has 0 aliphatic carbocycles. The summed E-state index contributed by atoms with van der Waals surface area (Å²) in [7, 11) is 0. The summed E-state index contributed by atoms with van der Waals surface area (Å²) < 4.78 is 10.8. The number of carbonyl (C=O) groups is 2. The molecule has 1 aliphatic rings. The SMILES string of the molecule is Cc1nc(NC(=O)CCNC(=O)NCc2ccccc2)sc1Cc1ccc2c(c1)OCO2. The molecule has 2 heterocycles. The Bertz CT molecular complexity index is 1100. The van der Waals surface area contributed by atoms with E-state index in [1.54, 1.807) is 0 Å². The molecule has 32 heavy (non-hydrogen) atoms. The van der Waals surface area contributed by atoms with Crippen molar-refractivity contribution in [2.45, 2.75) is 26.3 Å². The highest BCUT2D eigenvalue weighted by Crippen LogP contribution is 2.34. The fourth-order valence-electron chi connectivity index (χ4n) is 3.19. The quantitative estimate of drug-likeness (QED) is 0.485. The second-order valence-corrected chi connectivity index (χ2v) is 8.37. The van der Waals surface area contributed by atoms with Crippen LogP contribution >= 0.6 is 11.3 Å². The van der Waals surface area contributed by atoms with Gasteiger partial charge in [0.1, 0.15) is 0 Å². The van der Waals surface area contributed by atoms with Crippen molar-refractivity contribution < 1.29 is 19.1 Å². The van der Waals surface area contributed by atoms with Gasteiger partial charge in [-0.05, 0) is 30.2 Å². The maximum atomic E-state index is 12.2. The Kier molecular flexibility index (Phi) is 6.86. The number of ether oxygens (including phenoxy) is 2. The minimum atomic E-state index is -0.308. The normalized spacial score (nSPS) is 11.8. The second-order valence-electron chi connectivity index (χ2n) is 7.29. The Morgan fingerprint density at radius 1 is 1.03 bits per heavy atom. The lowest BCUT2D eigenvalue weighted by Crippen LogP contribution is -2.36. The molecule has 0 unspecified atom stereocenters. The summed E-state index contributed by atoms with van der Waals surface area (Å²) in [6.07, 6.45) is 0.855. The van der Waals surface area contributed by atoms with E-state index in [0.717, 1.165) is 33.2 Å². The van der Waals surface area contributed by atoms with Gasteiger partial charge in [0.05, 0.1) is 5.69 Å². The smallest absolute Gasteiger partial charge is 0.315 e. The summed E-state index contributed by atoms with van der Waals surface area (Å²) in [5.74, 6) is 1.31. The molecule has 0 fully saturated rings. The highest BCUT2D eigenvalue weighted by molar-refractivity contribution is 7.15. The molecule has 1 aromatic heterocycles. The van der Waals surface area contributed by atoms with Crippen molar-refractivity contribution in [3.63, 3.8) is 0 Å². The largest absolute Gasteiger partial charge is 0.454 e. The van der Waals surface area contributed by atoms with E-state index in [2.05, 4.69) is 20.9 Å². The van der Waals surface area contributed by atoms with Crippen LogP contribution in [0.5, 0.6) is 11.5 Å². The Morgan fingerprint density at radius 3 is 2.69 bits per heavy atom. The topological polar surface area (TPSA) is 102 Å². The number of rotatable bonds is 8. The average Bonchev–Trinajstić information content (AvgIpc) is 3.39. The minimum Gasteiger partial charge on any atom is -0.454 e. The van der Waals surface area contributed by atoms with Gasteiger partial charge in [-0.15, -0.1) is 11.3 Å². The van der Waals surface area contributed by atoms with E-state index in [1.807, 2.05) is 55.5 Å². The number of hydrogen-bond donors (Lipinski definition) is 3. The van der Waals surface area contributed by atoms with Gasteiger partial charge in [-0.3, -0.25) is 4.79 Å². The number of hydrogen-bond acceptors (Lipinski definition) is 6. The number of aryl methyl sites for hydroxylation is 1. The third-order valence-electron chi connectivity index (χ3n) is 4.87. The molecule has 3 amide bonds. The van der Waals surface area contributed by atoms with Gasteiger partial charge in [0, 0.05) is 30.8 Å². The first-order valence-corrected chi connectivity index (χ1v) is 11.1. The van der Waals surface area contributed by atoms with Crippen LogP contribution in [0.25, 0.3) is 0 Å². The zero-order valence-corrected chi connectivity index (χ0v) is 18.5. The van der Waals surface area contributed by atoms with Crippen LogP contribution in [-0.4, -0.2) is 30.3 Å². The highest BCUT2D eigenvalue weighted by atomic mass is 32.1. The van der Waals surface area contributed by atoms with Crippen LogP contribution in [0.4, 0.5) is 9.93 Å². The summed E-state index contributed by atoms with van der Waals surface area (Å²) in [4.78, 5) is 29.6. The zero-order chi connectivity index (χ0) is 22.3. The van der Waals surface area contributed by atoms with Crippen molar-refractivity contribution in [1.82, 2.24) is 15.6 Å². The van der Waals surface area contributed by atoms with E-state index in [4.69, 9.17) is 9.47 Å². The number of nitrogens with zero attached hydrogens (tertiary/aromatic N) is 1. The number of thiazole rings is 1. The van der Waals surface area contributed by atoms with Gasteiger partial charge in [0.15, 0.2) is 16.6 Å². The predicted molar refractivity (Wildman–Crippen MR) is 122 cm³/mol. The Hall–Kier alpha value is -3.59. The first kappa shape index (κ1) is 21.6. The van der Waals surface area contributed by atoms with Crippen molar-refractivity contribution in [3.8, 4) is 11.5 Å². The summed E-state index contributed by atoms with van der Waals surface area (Å²) in [6, 6.07) is 15.2. The van der Waals surface area contributed by atoms with Crippen molar-refractivity contribution in [2.24, 2.45) is 0 Å². The van der Waals surface area contributed by atoms with Gasteiger partial charge >= 0.3 is 6.03 Å². The van der Waals surface area contributed by atoms with Gasteiger partial charge in [-0.25, -0.2) is 9.78 Å². The maximum absolute atomic E-state index is 12.2. The second kappa shape index (κ2) is 10.1. The monoisotopic (exact) mass is 452 g/mol. The molecule has 0 radical (unpaired) electrons. The van der Waals surface area contributed by atoms with Crippen molar-refractivity contribution in [1.29, 1.82) is 0 Å². The number of benzene rings is 2. The van der Waals surface area contributed by atoms with Gasteiger partial charge in [-0.2, -0.15) is 0 Å². The number of aromatic nitrogens is 1. The van der Waals surface area contributed by atoms with Crippen LogP contribution in [0.1, 0.15) is 28.1 Å². The number of urea groups is 1.